The van der Waals surface area contributed by atoms with E-state index in [-0.39, 0.29) is 0 Å². The minimum Gasteiger partial charge on any atom is -0.326 e. The maximum absolute atomic E-state index is 5.65. The van der Waals surface area contributed by atoms with Crippen molar-refractivity contribution in [2.75, 3.05) is 13.1 Å². The Morgan fingerprint density at radius 2 is 2.47 bits per heavy atom. The molecule has 2 aromatic rings. The number of piperidine rings is 1. The van der Waals surface area contributed by atoms with E-state index < -0.39 is 0 Å². The van der Waals surface area contributed by atoms with Gasteiger partial charge in [0, 0.05) is 25.2 Å². The molecule has 0 aliphatic carbocycles. The third-order valence-electron chi connectivity index (χ3n) is 3.52. The van der Waals surface area contributed by atoms with Crippen LogP contribution in [-0.2, 0) is 6.54 Å². The first-order chi connectivity index (χ1) is 8.38. The molecule has 1 aliphatic heterocycles. The van der Waals surface area contributed by atoms with Gasteiger partial charge in [-0.1, -0.05) is 0 Å². The number of rotatable bonds is 2. The average molecular weight is 230 g/mol. The van der Waals surface area contributed by atoms with E-state index in [1.165, 1.54) is 18.7 Å². The number of nitrogens with two attached hydrogens (primary N) is 1. The molecule has 1 atom stereocenters. The molecule has 90 valence electrons. The Hall–Kier alpha value is -1.39. The largest absolute Gasteiger partial charge is 0.326 e. The lowest BCUT2D eigenvalue weighted by Crippen LogP contribution is -2.29. The SMILES string of the molecule is NCc1ccn2c(C3CCCNC3)ncc2c1. The van der Waals surface area contributed by atoms with Crippen LogP contribution in [0.3, 0.4) is 0 Å². The second-order valence-corrected chi connectivity index (χ2v) is 4.69. The summed E-state index contributed by atoms with van der Waals surface area (Å²) in [6, 6.07) is 4.20. The van der Waals surface area contributed by atoms with E-state index in [9.17, 15) is 0 Å². The van der Waals surface area contributed by atoms with Gasteiger partial charge < -0.3 is 15.5 Å². The highest BCUT2D eigenvalue weighted by Gasteiger charge is 2.19. The number of pyridine rings is 1. The Morgan fingerprint density at radius 3 is 3.24 bits per heavy atom. The van der Waals surface area contributed by atoms with Crippen molar-refractivity contribution >= 4 is 5.52 Å². The van der Waals surface area contributed by atoms with Crippen LogP contribution < -0.4 is 11.1 Å². The Bertz CT molecular complexity index is 511. The van der Waals surface area contributed by atoms with Crippen molar-refractivity contribution in [2.24, 2.45) is 5.73 Å². The van der Waals surface area contributed by atoms with Gasteiger partial charge in [-0.2, -0.15) is 0 Å². The molecule has 17 heavy (non-hydrogen) atoms. The normalized spacial score (nSPS) is 20.9. The summed E-state index contributed by atoms with van der Waals surface area (Å²) in [7, 11) is 0. The second kappa shape index (κ2) is 4.47. The summed E-state index contributed by atoms with van der Waals surface area (Å²) in [5, 5.41) is 3.44. The smallest absolute Gasteiger partial charge is 0.117 e. The van der Waals surface area contributed by atoms with E-state index >= 15 is 0 Å². The van der Waals surface area contributed by atoms with Crippen LogP contribution in [0.5, 0.6) is 0 Å². The predicted molar refractivity (Wildman–Crippen MR) is 67.9 cm³/mol. The molecule has 3 N–H and O–H groups in total. The van der Waals surface area contributed by atoms with E-state index in [1.54, 1.807) is 0 Å². The minimum absolute atomic E-state index is 0.537. The summed E-state index contributed by atoms with van der Waals surface area (Å²) in [6.07, 6.45) is 6.50. The zero-order chi connectivity index (χ0) is 11.7. The molecule has 0 amide bonds. The molecule has 0 bridgehead atoms. The van der Waals surface area contributed by atoms with Gasteiger partial charge >= 0.3 is 0 Å². The summed E-state index contributed by atoms with van der Waals surface area (Å²) in [5.41, 5.74) is 7.96. The number of nitrogens with one attached hydrogen (secondary N) is 1. The van der Waals surface area contributed by atoms with Gasteiger partial charge in [0.15, 0.2) is 0 Å². The van der Waals surface area contributed by atoms with E-state index in [4.69, 9.17) is 5.73 Å². The number of fused-ring (bicyclic) bond motifs is 1. The zero-order valence-corrected chi connectivity index (χ0v) is 9.89. The highest BCUT2D eigenvalue weighted by Crippen LogP contribution is 2.23. The molecule has 0 spiro atoms. The number of imidazole rings is 1. The lowest BCUT2D eigenvalue weighted by atomic mass is 9.99. The number of aromatic nitrogens is 2. The van der Waals surface area contributed by atoms with Crippen LogP contribution in [0.4, 0.5) is 0 Å². The molecule has 0 saturated carbocycles. The number of hydrogen-bond acceptors (Lipinski definition) is 3. The fourth-order valence-electron chi connectivity index (χ4n) is 2.57. The maximum atomic E-state index is 5.65. The average Bonchev–Trinajstić information content (AvgIpc) is 2.82. The molecule has 1 aliphatic rings. The molecular formula is C13H18N4. The first-order valence-corrected chi connectivity index (χ1v) is 6.25. The molecule has 4 heteroatoms. The Morgan fingerprint density at radius 1 is 1.53 bits per heavy atom. The van der Waals surface area contributed by atoms with Crippen LogP contribution in [0.15, 0.2) is 24.5 Å². The molecule has 2 aromatic heterocycles. The van der Waals surface area contributed by atoms with Gasteiger partial charge in [0.2, 0.25) is 0 Å². The van der Waals surface area contributed by atoms with Crippen molar-refractivity contribution in [3.8, 4) is 0 Å². The van der Waals surface area contributed by atoms with Crippen LogP contribution in [0, 0.1) is 0 Å². The lowest BCUT2D eigenvalue weighted by molar-refractivity contribution is 0.445. The van der Waals surface area contributed by atoms with E-state index in [0.717, 1.165) is 24.2 Å². The van der Waals surface area contributed by atoms with Gasteiger partial charge in [-0.25, -0.2) is 4.98 Å². The summed E-state index contributed by atoms with van der Waals surface area (Å²) >= 11 is 0. The van der Waals surface area contributed by atoms with E-state index in [0.29, 0.717) is 12.5 Å². The van der Waals surface area contributed by atoms with Gasteiger partial charge in [0.25, 0.3) is 0 Å². The van der Waals surface area contributed by atoms with Gasteiger partial charge in [0.1, 0.15) is 5.82 Å². The van der Waals surface area contributed by atoms with E-state index in [2.05, 4.69) is 33.0 Å². The summed E-state index contributed by atoms with van der Waals surface area (Å²) in [4.78, 5) is 4.58. The topological polar surface area (TPSA) is 55.4 Å². The van der Waals surface area contributed by atoms with Crippen LogP contribution in [0.25, 0.3) is 5.52 Å². The first kappa shape index (κ1) is 10.7. The molecule has 0 radical (unpaired) electrons. The van der Waals surface area contributed by atoms with E-state index in [1.807, 2.05) is 6.20 Å². The third kappa shape index (κ3) is 1.94. The highest BCUT2D eigenvalue weighted by molar-refractivity contribution is 5.48. The van der Waals surface area contributed by atoms with Gasteiger partial charge in [-0.15, -0.1) is 0 Å². The van der Waals surface area contributed by atoms with Crippen molar-refractivity contribution in [1.82, 2.24) is 14.7 Å². The molecule has 1 fully saturated rings. The summed E-state index contributed by atoms with van der Waals surface area (Å²) in [6.45, 7) is 2.76. The molecule has 0 aromatic carbocycles. The fraction of sp³-hybridized carbons (Fsp3) is 0.462. The standard InChI is InChI=1S/C13H18N4/c14-7-10-3-5-17-12(6-10)9-16-13(17)11-2-1-4-15-8-11/h3,5-6,9,11,15H,1-2,4,7-8,14H2. The van der Waals surface area contributed by atoms with Crippen LogP contribution in [0.2, 0.25) is 0 Å². The van der Waals surface area contributed by atoms with Crippen molar-refractivity contribution in [2.45, 2.75) is 25.3 Å². The Balaban J connectivity index is 1.99. The number of nitrogens with zero attached hydrogens (tertiary/aromatic N) is 2. The van der Waals surface area contributed by atoms with Crippen molar-refractivity contribution in [3.05, 3.63) is 35.9 Å². The second-order valence-electron chi connectivity index (χ2n) is 4.69. The Kier molecular flexibility index (Phi) is 2.82. The van der Waals surface area contributed by atoms with Crippen molar-refractivity contribution in [3.63, 3.8) is 0 Å². The molecule has 3 heterocycles. The zero-order valence-electron chi connectivity index (χ0n) is 9.89. The fourth-order valence-corrected chi connectivity index (χ4v) is 2.57. The predicted octanol–water partition coefficient (Wildman–Crippen LogP) is 1.26. The van der Waals surface area contributed by atoms with Crippen LogP contribution >= 0.6 is 0 Å². The van der Waals surface area contributed by atoms with Gasteiger partial charge in [0.05, 0.1) is 11.7 Å². The highest BCUT2D eigenvalue weighted by atomic mass is 15.0. The first-order valence-electron chi connectivity index (χ1n) is 6.25. The monoisotopic (exact) mass is 230 g/mol. The minimum atomic E-state index is 0.537. The quantitative estimate of drug-likeness (QED) is 0.816. The molecule has 4 nitrogen and oxygen atoms in total. The Labute approximate surface area is 101 Å². The summed E-state index contributed by atoms with van der Waals surface area (Å²) < 4.78 is 2.19. The molecule has 3 rings (SSSR count). The third-order valence-corrected chi connectivity index (χ3v) is 3.52. The van der Waals surface area contributed by atoms with Gasteiger partial charge in [-0.3, -0.25) is 0 Å². The van der Waals surface area contributed by atoms with Gasteiger partial charge in [-0.05, 0) is 37.1 Å². The van der Waals surface area contributed by atoms with Crippen molar-refractivity contribution in [1.29, 1.82) is 0 Å². The molecule has 1 unspecified atom stereocenters. The summed E-state index contributed by atoms with van der Waals surface area (Å²) in [5.74, 6) is 1.71. The molecule has 1 saturated heterocycles. The van der Waals surface area contributed by atoms with Crippen molar-refractivity contribution < 1.29 is 0 Å². The lowest BCUT2D eigenvalue weighted by Gasteiger charge is -2.21. The van der Waals surface area contributed by atoms with Crippen LogP contribution in [0.1, 0.15) is 30.1 Å². The number of hydrogen-bond donors (Lipinski definition) is 2. The van der Waals surface area contributed by atoms with Crippen LogP contribution in [-0.4, -0.2) is 22.5 Å². The molecular weight excluding hydrogens is 212 g/mol. The maximum Gasteiger partial charge on any atom is 0.117 e.